The van der Waals surface area contributed by atoms with Crippen molar-refractivity contribution < 1.29 is 9.53 Å². The van der Waals surface area contributed by atoms with Crippen LogP contribution in [0.2, 0.25) is 0 Å². The molecule has 3 heterocycles. The van der Waals surface area contributed by atoms with Gasteiger partial charge in [-0.15, -0.1) is 0 Å². The molecule has 1 amide bonds. The molecule has 1 aliphatic rings. The molecule has 0 unspecified atom stereocenters. The van der Waals surface area contributed by atoms with Crippen LogP contribution in [0.15, 0.2) is 72.9 Å². The molecule has 2 aromatic carbocycles. The van der Waals surface area contributed by atoms with Gasteiger partial charge in [0, 0.05) is 36.2 Å². The van der Waals surface area contributed by atoms with E-state index < -0.39 is 0 Å². The molecule has 40 heavy (non-hydrogen) atoms. The minimum absolute atomic E-state index is 0.104. The number of aryl methyl sites for hydroxylation is 3. The minimum atomic E-state index is -0.154. The highest BCUT2D eigenvalue weighted by atomic mass is 32.1. The standard InChI is InChI=1S/C32H35N5O2S/c1-20-16-21(2)18-24(17-20)37-22(3)19-25(23(37)4)31-30(27-11-8-9-14-33-27)35-32(40)36(31)15-13-29(38)34-26-10-6-7-12-28(26)39-5/h6-12,14,16-19,30-31H,13,15H2,1-5H3,(H,34,38)(H,35,40)/t30-,31-/m0/s1. The Labute approximate surface area is 241 Å². The third kappa shape index (κ3) is 5.45. The number of nitrogens with one attached hydrogen (secondary N) is 2. The van der Waals surface area contributed by atoms with Crippen molar-refractivity contribution in [2.24, 2.45) is 0 Å². The maximum Gasteiger partial charge on any atom is 0.226 e. The van der Waals surface area contributed by atoms with Crippen LogP contribution < -0.4 is 15.4 Å². The summed E-state index contributed by atoms with van der Waals surface area (Å²) in [5, 5.41) is 7.10. The van der Waals surface area contributed by atoms with Crippen molar-refractivity contribution in [2.75, 3.05) is 19.0 Å². The fraction of sp³-hybridized carbons (Fsp3) is 0.281. The van der Waals surface area contributed by atoms with Crippen LogP contribution in [0.5, 0.6) is 5.75 Å². The molecular weight excluding hydrogens is 518 g/mol. The normalized spacial score (nSPS) is 16.6. The molecule has 0 bridgehead atoms. The molecule has 4 aromatic rings. The first-order valence-corrected chi connectivity index (χ1v) is 13.9. The summed E-state index contributed by atoms with van der Waals surface area (Å²) in [6, 6.07) is 21.9. The Morgan fingerprint density at radius 3 is 2.45 bits per heavy atom. The van der Waals surface area contributed by atoms with E-state index in [-0.39, 0.29) is 24.4 Å². The number of pyridine rings is 1. The second kappa shape index (κ2) is 11.5. The number of para-hydroxylation sites is 2. The fourth-order valence-corrected chi connectivity index (χ4v) is 6.06. The van der Waals surface area contributed by atoms with Crippen molar-refractivity contribution in [3.8, 4) is 11.4 Å². The van der Waals surface area contributed by atoms with Crippen molar-refractivity contribution in [2.45, 2.75) is 46.2 Å². The highest BCUT2D eigenvalue weighted by molar-refractivity contribution is 7.80. The number of nitrogens with zero attached hydrogens (tertiary/aromatic N) is 3. The molecule has 7 nitrogen and oxygen atoms in total. The average molecular weight is 554 g/mol. The van der Waals surface area contributed by atoms with Crippen molar-refractivity contribution in [3.63, 3.8) is 0 Å². The van der Waals surface area contributed by atoms with Crippen molar-refractivity contribution >= 4 is 28.9 Å². The molecule has 0 spiro atoms. The van der Waals surface area contributed by atoms with Crippen molar-refractivity contribution in [1.82, 2.24) is 19.8 Å². The van der Waals surface area contributed by atoms with Gasteiger partial charge in [-0.1, -0.05) is 24.3 Å². The maximum atomic E-state index is 13.0. The lowest BCUT2D eigenvalue weighted by Gasteiger charge is -2.28. The van der Waals surface area contributed by atoms with Crippen molar-refractivity contribution in [1.29, 1.82) is 0 Å². The summed E-state index contributed by atoms with van der Waals surface area (Å²) in [6.07, 6.45) is 2.07. The molecule has 2 atom stereocenters. The van der Waals surface area contributed by atoms with Gasteiger partial charge < -0.3 is 24.8 Å². The van der Waals surface area contributed by atoms with Crippen LogP contribution >= 0.6 is 12.2 Å². The predicted molar refractivity (Wildman–Crippen MR) is 163 cm³/mol. The monoisotopic (exact) mass is 553 g/mol. The van der Waals surface area contributed by atoms with E-state index in [9.17, 15) is 4.79 Å². The number of hydrogen-bond donors (Lipinski definition) is 2. The molecule has 206 valence electrons. The summed E-state index contributed by atoms with van der Waals surface area (Å²) in [6.45, 7) is 8.99. The van der Waals surface area contributed by atoms with E-state index in [1.165, 1.54) is 11.1 Å². The first-order valence-electron chi connectivity index (χ1n) is 13.4. The minimum Gasteiger partial charge on any atom is -0.495 e. The molecule has 0 saturated carbocycles. The quantitative estimate of drug-likeness (QED) is 0.256. The lowest BCUT2D eigenvalue weighted by atomic mass is 9.96. The summed E-state index contributed by atoms with van der Waals surface area (Å²) in [7, 11) is 1.59. The Hall–Kier alpha value is -4.17. The Bertz CT molecular complexity index is 1530. The molecule has 1 saturated heterocycles. The third-order valence-electron chi connectivity index (χ3n) is 7.41. The predicted octanol–water partition coefficient (Wildman–Crippen LogP) is 6.12. The number of ether oxygens (including phenoxy) is 1. The zero-order chi connectivity index (χ0) is 28.4. The molecule has 0 radical (unpaired) electrons. The van der Waals surface area contributed by atoms with Crippen LogP contribution in [0.3, 0.4) is 0 Å². The lowest BCUT2D eigenvalue weighted by molar-refractivity contribution is -0.116. The lowest BCUT2D eigenvalue weighted by Crippen LogP contribution is -2.33. The molecule has 2 aromatic heterocycles. The largest absolute Gasteiger partial charge is 0.495 e. The number of anilines is 1. The molecule has 2 N–H and O–H groups in total. The van der Waals surface area contributed by atoms with E-state index in [1.54, 1.807) is 13.3 Å². The van der Waals surface area contributed by atoms with E-state index >= 15 is 0 Å². The molecule has 1 fully saturated rings. The summed E-state index contributed by atoms with van der Waals surface area (Å²) in [5.41, 5.74) is 8.59. The van der Waals surface area contributed by atoms with Crippen LogP contribution in [-0.4, -0.2) is 39.1 Å². The van der Waals surface area contributed by atoms with Gasteiger partial charge in [-0.3, -0.25) is 9.78 Å². The SMILES string of the molecule is COc1ccccc1NC(=O)CCN1C(=S)N[C@@H](c2ccccn2)[C@@H]1c1cc(C)n(-c2cc(C)cc(C)c2)c1C. The highest BCUT2D eigenvalue weighted by Gasteiger charge is 2.41. The molecular formula is C32H35N5O2S. The van der Waals surface area contributed by atoms with Gasteiger partial charge in [-0.05, 0) is 99.1 Å². The average Bonchev–Trinajstić information content (AvgIpc) is 3.41. The number of carbonyl (C=O) groups is 1. The zero-order valence-electron chi connectivity index (χ0n) is 23.6. The number of carbonyl (C=O) groups excluding carboxylic acids is 1. The second-order valence-corrected chi connectivity index (χ2v) is 10.7. The van der Waals surface area contributed by atoms with Gasteiger partial charge in [0.25, 0.3) is 0 Å². The third-order valence-corrected chi connectivity index (χ3v) is 7.76. The second-order valence-electron chi connectivity index (χ2n) is 10.3. The van der Waals surface area contributed by atoms with Gasteiger partial charge in [0.15, 0.2) is 5.11 Å². The Balaban J connectivity index is 1.48. The Morgan fingerprint density at radius 1 is 1.02 bits per heavy atom. The van der Waals surface area contributed by atoms with Gasteiger partial charge in [0.05, 0.1) is 30.6 Å². The highest BCUT2D eigenvalue weighted by Crippen LogP contribution is 2.41. The van der Waals surface area contributed by atoms with E-state index in [4.69, 9.17) is 17.0 Å². The van der Waals surface area contributed by atoms with Crippen LogP contribution in [0.25, 0.3) is 5.69 Å². The number of rotatable bonds is 8. The summed E-state index contributed by atoms with van der Waals surface area (Å²) in [5.74, 6) is 0.522. The Kier molecular flexibility index (Phi) is 7.89. The van der Waals surface area contributed by atoms with E-state index in [0.717, 1.165) is 28.3 Å². The van der Waals surface area contributed by atoms with Crippen LogP contribution in [0, 0.1) is 27.7 Å². The number of aromatic nitrogens is 2. The number of benzene rings is 2. The first kappa shape index (κ1) is 27.4. The summed E-state index contributed by atoms with van der Waals surface area (Å²) in [4.78, 5) is 19.8. The number of methoxy groups -OCH3 is 1. The van der Waals surface area contributed by atoms with Gasteiger partial charge in [-0.25, -0.2) is 0 Å². The number of thiocarbonyl (C=S) groups is 1. The topological polar surface area (TPSA) is 71.4 Å². The fourth-order valence-electron chi connectivity index (χ4n) is 5.73. The van der Waals surface area contributed by atoms with Crippen LogP contribution in [0.4, 0.5) is 5.69 Å². The molecule has 1 aliphatic heterocycles. The van der Waals surface area contributed by atoms with E-state index in [2.05, 4.69) is 77.0 Å². The summed E-state index contributed by atoms with van der Waals surface area (Å²) < 4.78 is 7.70. The van der Waals surface area contributed by atoms with Crippen LogP contribution in [-0.2, 0) is 4.79 Å². The van der Waals surface area contributed by atoms with Gasteiger partial charge in [0.1, 0.15) is 5.75 Å². The van der Waals surface area contributed by atoms with Crippen molar-refractivity contribution in [3.05, 3.63) is 107 Å². The van der Waals surface area contributed by atoms with Gasteiger partial charge >= 0.3 is 0 Å². The van der Waals surface area contributed by atoms with Gasteiger partial charge in [0.2, 0.25) is 5.91 Å². The zero-order valence-corrected chi connectivity index (χ0v) is 24.4. The first-order chi connectivity index (χ1) is 19.3. The van der Waals surface area contributed by atoms with E-state index in [0.29, 0.717) is 23.1 Å². The number of hydrogen-bond acceptors (Lipinski definition) is 4. The van der Waals surface area contributed by atoms with E-state index in [1.807, 2.05) is 42.5 Å². The molecule has 0 aliphatic carbocycles. The summed E-state index contributed by atoms with van der Waals surface area (Å²) >= 11 is 5.85. The smallest absolute Gasteiger partial charge is 0.226 e. The maximum absolute atomic E-state index is 13.0. The molecule has 8 heteroatoms. The number of amides is 1. The van der Waals surface area contributed by atoms with Crippen LogP contribution in [0.1, 0.15) is 52.3 Å². The van der Waals surface area contributed by atoms with Gasteiger partial charge in [-0.2, -0.15) is 0 Å². The molecule has 5 rings (SSSR count). The Morgan fingerprint density at radius 2 is 1.75 bits per heavy atom.